The van der Waals surface area contributed by atoms with Crippen molar-refractivity contribution >= 4 is 46.7 Å². The number of amides is 2. The van der Waals surface area contributed by atoms with Crippen molar-refractivity contribution in [2.24, 2.45) is 5.92 Å². The first-order valence-corrected chi connectivity index (χ1v) is 12.8. The van der Waals surface area contributed by atoms with Gasteiger partial charge in [0.05, 0.1) is 29.8 Å². The number of carbonyl (C=O) groups is 3. The molecule has 4 N–H and O–H groups in total. The molecular weight excluding hydrogens is 553 g/mol. The SMILES string of the molecule is C#Cc1ccc(NC(=O)c2cc(Cl)cc(OC)c2NC(=O)c2ccc(C(=N)N3CCC(C(=O)O)CC3)cc2F)nc1. The van der Waals surface area contributed by atoms with Gasteiger partial charge in [-0.1, -0.05) is 23.6 Å². The van der Waals surface area contributed by atoms with E-state index < -0.39 is 29.5 Å². The molecule has 12 heteroatoms. The predicted molar refractivity (Wildman–Crippen MR) is 151 cm³/mol. The molecule has 0 spiro atoms. The predicted octanol–water partition coefficient (Wildman–Crippen LogP) is 4.49. The van der Waals surface area contributed by atoms with Crippen molar-refractivity contribution in [2.45, 2.75) is 12.8 Å². The largest absolute Gasteiger partial charge is 0.494 e. The maximum absolute atomic E-state index is 15.1. The summed E-state index contributed by atoms with van der Waals surface area (Å²) in [5.41, 5.74) is 0.318. The van der Waals surface area contributed by atoms with Crippen LogP contribution >= 0.6 is 11.6 Å². The van der Waals surface area contributed by atoms with Gasteiger partial charge < -0.3 is 25.4 Å². The number of ether oxygens (including phenoxy) is 1. The molecule has 1 saturated heterocycles. The molecule has 2 amide bonds. The minimum absolute atomic E-state index is 0.0295. The fourth-order valence-electron chi connectivity index (χ4n) is 4.35. The molecule has 0 aliphatic carbocycles. The highest BCUT2D eigenvalue weighted by molar-refractivity contribution is 6.31. The highest BCUT2D eigenvalue weighted by Gasteiger charge is 2.27. The van der Waals surface area contributed by atoms with Crippen LogP contribution in [0.15, 0.2) is 48.7 Å². The van der Waals surface area contributed by atoms with Gasteiger partial charge in [0.25, 0.3) is 11.8 Å². The average molecular weight is 578 g/mol. The average Bonchev–Trinajstić information content (AvgIpc) is 2.97. The van der Waals surface area contributed by atoms with Gasteiger partial charge in [-0.2, -0.15) is 0 Å². The molecule has 0 atom stereocenters. The maximum atomic E-state index is 15.1. The normalized spacial score (nSPS) is 13.2. The molecule has 2 heterocycles. The number of aromatic nitrogens is 1. The van der Waals surface area contributed by atoms with E-state index in [-0.39, 0.29) is 44.8 Å². The molecule has 10 nitrogen and oxygen atoms in total. The van der Waals surface area contributed by atoms with Gasteiger partial charge in [-0.25, -0.2) is 9.37 Å². The number of methoxy groups -OCH3 is 1. The summed E-state index contributed by atoms with van der Waals surface area (Å²) in [6.07, 6.45) is 7.50. The van der Waals surface area contributed by atoms with Crippen molar-refractivity contribution < 1.29 is 28.6 Å². The number of anilines is 2. The minimum Gasteiger partial charge on any atom is -0.494 e. The summed E-state index contributed by atoms with van der Waals surface area (Å²) in [5, 5.41) is 22.9. The molecule has 41 heavy (non-hydrogen) atoms. The molecule has 0 unspecified atom stereocenters. The number of benzene rings is 2. The third-order valence-corrected chi connectivity index (χ3v) is 6.81. The van der Waals surface area contributed by atoms with Gasteiger partial charge in [-0.05, 0) is 43.2 Å². The van der Waals surface area contributed by atoms with E-state index in [1.807, 2.05) is 0 Å². The monoisotopic (exact) mass is 577 g/mol. The Hall–Kier alpha value is -4.95. The first kappa shape index (κ1) is 29.0. The summed E-state index contributed by atoms with van der Waals surface area (Å²) in [7, 11) is 1.32. The van der Waals surface area contributed by atoms with E-state index in [0.29, 0.717) is 31.5 Å². The zero-order chi connectivity index (χ0) is 29.7. The smallest absolute Gasteiger partial charge is 0.306 e. The standard InChI is InChI=1S/C29H25ClFN5O5/c1-3-16-4-7-24(33-15-16)34-28(38)21-13-19(30)14-23(41-2)25(21)35-27(37)20-6-5-18(12-22(20)31)26(32)36-10-8-17(9-11-36)29(39)40/h1,4-7,12-15,17,32H,8-11H2,2H3,(H,35,37)(H,39,40)(H,33,34,38). The molecule has 210 valence electrons. The number of piperidine rings is 1. The van der Waals surface area contributed by atoms with E-state index in [4.69, 9.17) is 28.2 Å². The summed E-state index contributed by atoms with van der Waals surface area (Å²) < 4.78 is 20.5. The van der Waals surface area contributed by atoms with Gasteiger partial charge in [-0.3, -0.25) is 19.8 Å². The fourth-order valence-corrected chi connectivity index (χ4v) is 4.56. The first-order chi connectivity index (χ1) is 19.6. The lowest BCUT2D eigenvalue weighted by atomic mass is 9.96. The number of nitrogens with one attached hydrogen (secondary N) is 3. The van der Waals surface area contributed by atoms with E-state index in [1.165, 1.54) is 43.6 Å². The Bertz CT molecular complexity index is 1560. The number of nitrogens with zero attached hydrogens (tertiary/aromatic N) is 2. The Morgan fingerprint density at radius 1 is 1.12 bits per heavy atom. The zero-order valence-electron chi connectivity index (χ0n) is 21.8. The number of amidine groups is 1. The number of pyridine rings is 1. The van der Waals surface area contributed by atoms with Crippen LogP contribution in [-0.4, -0.2) is 58.8 Å². The summed E-state index contributed by atoms with van der Waals surface area (Å²) in [6.45, 7) is 0.703. The quantitative estimate of drug-likeness (QED) is 0.184. The van der Waals surface area contributed by atoms with Crippen LogP contribution in [0.5, 0.6) is 5.75 Å². The molecule has 0 saturated carbocycles. The second-order valence-corrected chi connectivity index (χ2v) is 9.59. The van der Waals surface area contributed by atoms with Crippen LogP contribution in [0, 0.1) is 29.5 Å². The summed E-state index contributed by atoms with van der Waals surface area (Å²) >= 11 is 6.18. The number of terminal acetylenes is 1. The van der Waals surface area contributed by atoms with Crippen molar-refractivity contribution in [2.75, 3.05) is 30.8 Å². The van der Waals surface area contributed by atoms with Gasteiger partial charge in [0.1, 0.15) is 23.2 Å². The second kappa shape index (κ2) is 12.5. The highest BCUT2D eigenvalue weighted by atomic mass is 35.5. The Morgan fingerprint density at radius 3 is 2.41 bits per heavy atom. The second-order valence-electron chi connectivity index (χ2n) is 9.16. The molecule has 0 bridgehead atoms. The van der Waals surface area contributed by atoms with E-state index in [1.54, 1.807) is 11.0 Å². The Balaban J connectivity index is 1.54. The minimum atomic E-state index is -0.887. The number of aliphatic carboxylic acids is 1. The molecule has 1 aromatic heterocycles. The number of rotatable bonds is 7. The highest BCUT2D eigenvalue weighted by Crippen LogP contribution is 2.34. The Kier molecular flexibility index (Phi) is 8.84. The molecule has 2 aromatic carbocycles. The zero-order valence-corrected chi connectivity index (χ0v) is 22.6. The molecule has 1 aliphatic heterocycles. The molecule has 3 aromatic rings. The third-order valence-electron chi connectivity index (χ3n) is 6.59. The molecule has 0 radical (unpaired) electrons. The van der Waals surface area contributed by atoms with Crippen molar-refractivity contribution in [3.63, 3.8) is 0 Å². The van der Waals surface area contributed by atoms with E-state index in [0.717, 1.165) is 6.07 Å². The van der Waals surface area contributed by atoms with Crippen molar-refractivity contribution in [1.82, 2.24) is 9.88 Å². The number of hydrogen-bond acceptors (Lipinski definition) is 6. The van der Waals surface area contributed by atoms with E-state index in [9.17, 15) is 19.5 Å². The van der Waals surface area contributed by atoms with Crippen LogP contribution in [0.25, 0.3) is 0 Å². The summed E-state index contributed by atoms with van der Waals surface area (Å²) in [6, 6.07) is 9.55. The van der Waals surface area contributed by atoms with Crippen LogP contribution < -0.4 is 15.4 Å². The number of halogens is 2. The van der Waals surface area contributed by atoms with Gasteiger partial charge in [-0.15, -0.1) is 6.42 Å². The van der Waals surface area contributed by atoms with Gasteiger partial charge in [0, 0.05) is 41.5 Å². The first-order valence-electron chi connectivity index (χ1n) is 12.4. The number of likely N-dealkylation sites (tertiary alicyclic amines) is 1. The Labute approximate surface area is 240 Å². The van der Waals surface area contributed by atoms with Crippen LogP contribution in [0.3, 0.4) is 0 Å². The molecular formula is C29H25ClFN5O5. The molecule has 1 fully saturated rings. The van der Waals surface area contributed by atoms with Gasteiger partial charge >= 0.3 is 5.97 Å². The summed E-state index contributed by atoms with van der Waals surface area (Å²) in [5.74, 6) is -1.05. The van der Waals surface area contributed by atoms with Crippen molar-refractivity contribution in [1.29, 1.82) is 5.41 Å². The van der Waals surface area contributed by atoms with Crippen LogP contribution in [0.2, 0.25) is 5.02 Å². The number of carboxylic acids is 1. The maximum Gasteiger partial charge on any atom is 0.306 e. The van der Waals surface area contributed by atoms with Crippen LogP contribution in [0.4, 0.5) is 15.9 Å². The summed E-state index contributed by atoms with van der Waals surface area (Å²) in [4.78, 5) is 43.2. The lowest BCUT2D eigenvalue weighted by Crippen LogP contribution is -2.40. The number of carboxylic acid groups (broad SMARTS) is 1. The molecule has 4 rings (SSSR count). The molecule has 1 aliphatic rings. The number of hydrogen-bond donors (Lipinski definition) is 4. The lowest BCUT2D eigenvalue weighted by molar-refractivity contribution is -0.143. The topological polar surface area (TPSA) is 145 Å². The fraction of sp³-hybridized carbons (Fsp3) is 0.207. The van der Waals surface area contributed by atoms with Gasteiger partial charge in [0.15, 0.2) is 0 Å². The third kappa shape index (κ3) is 6.62. The van der Waals surface area contributed by atoms with Crippen molar-refractivity contribution in [3.8, 4) is 18.1 Å². The Morgan fingerprint density at radius 2 is 1.83 bits per heavy atom. The van der Waals surface area contributed by atoms with E-state index >= 15 is 4.39 Å². The lowest BCUT2D eigenvalue weighted by Gasteiger charge is -2.32. The van der Waals surface area contributed by atoms with Crippen molar-refractivity contribution in [3.05, 3.63) is 81.8 Å². The number of carbonyl (C=O) groups excluding carboxylic acids is 2. The van der Waals surface area contributed by atoms with Crippen LogP contribution in [-0.2, 0) is 4.79 Å². The van der Waals surface area contributed by atoms with Crippen LogP contribution in [0.1, 0.15) is 44.7 Å². The van der Waals surface area contributed by atoms with Gasteiger partial charge in [0.2, 0.25) is 0 Å². The van der Waals surface area contributed by atoms with E-state index in [2.05, 4.69) is 21.5 Å².